The van der Waals surface area contributed by atoms with Crippen LogP contribution < -0.4 is 10.2 Å². The van der Waals surface area contributed by atoms with Gasteiger partial charge in [-0.25, -0.2) is 4.98 Å². The molecule has 3 rings (SSSR count). The summed E-state index contributed by atoms with van der Waals surface area (Å²) in [7, 11) is 0. The second-order valence-electron chi connectivity index (χ2n) is 4.75. The number of anilines is 1. The van der Waals surface area contributed by atoms with Crippen LogP contribution in [-0.4, -0.2) is 35.7 Å². The van der Waals surface area contributed by atoms with Crippen molar-refractivity contribution < 1.29 is 0 Å². The summed E-state index contributed by atoms with van der Waals surface area (Å²) >= 11 is 0. The minimum atomic E-state index is 0.814. The van der Waals surface area contributed by atoms with Crippen LogP contribution in [0.3, 0.4) is 0 Å². The maximum atomic E-state index is 4.46. The van der Waals surface area contributed by atoms with Gasteiger partial charge in [0.25, 0.3) is 0 Å². The Morgan fingerprint density at radius 1 is 1.44 bits per heavy atom. The Labute approximate surface area is 96.0 Å². The molecular formula is C12H18N4. The van der Waals surface area contributed by atoms with Crippen LogP contribution in [0, 0.1) is 11.8 Å². The summed E-state index contributed by atoms with van der Waals surface area (Å²) < 4.78 is 2.17. The molecular weight excluding hydrogens is 200 g/mol. The van der Waals surface area contributed by atoms with Gasteiger partial charge < -0.3 is 14.8 Å². The minimum absolute atomic E-state index is 0.814. The first-order valence-electron chi connectivity index (χ1n) is 5.96. The number of allylic oxidation sites excluding steroid dienone is 1. The average molecular weight is 218 g/mol. The zero-order chi connectivity index (χ0) is 11.0. The van der Waals surface area contributed by atoms with E-state index < -0.39 is 0 Å². The summed E-state index contributed by atoms with van der Waals surface area (Å²) in [6.07, 6.45) is 5.83. The summed E-state index contributed by atoms with van der Waals surface area (Å²) in [5.74, 6) is 2.73. The van der Waals surface area contributed by atoms with Crippen molar-refractivity contribution >= 4 is 5.95 Å². The summed E-state index contributed by atoms with van der Waals surface area (Å²) in [5, 5.41) is 3.46. The topological polar surface area (TPSA) is 33.1 Å². The second-order valence-corrected chi connectivity index (χ2v) is 4.75. The van der Waals surface area contributed by atoms with Crippen molar-refractivity contribution in [3.8, 4) is 0 Å². The van der Waals surface area contributed by atoms with E-state index in [2.05, 4.69) is 26.3 Å². The Morgan fingerprint density at radius 2 is 2.19 bits per heavy atom. The SMILES string of the molecule is C=CCn1ccnc1N1C[C@H]2CNC[C@H]2C1. The molecule has 0 amide bonds. The van der Waals surface area contributed by atoms with Crippen LogP contribution in [0.2, 0.25) is 0 Å². The molecule has 0 saturated carbocycles. The van der Waals surface area contributed by atoms with Gasteiger partial charge in [0.05, 0.1) is 0 Å². The third kappa shape index (κ3) is 1.53. The smallest absolute Gasteiger partial charge is 0.205 e. The first-order valence-corrected chi connectivity index (χ1v) is 5.96. The number of hydrogen-bond donors (Lipinski definition) is 1. The van der Waals surface area contributed by atoms with Gasteiger partial charge in [0.2, 0.25) is 5.95 Å². The first-order chi connectivity index (χ1) is 7.88. The zero-order valence-electron chi connectivity index (χ0n) is 9.47. The summed E-state index contributed by atoms with van der Waals surface area (Å²) in [6, 6.07) is 0. The fraction of sp³-hybridized carbons (Fsp3) is 0.583. The van der Waals surface area contributed by atoms with Crippen molar-refractivity contribution in [1.29, 1.82) is 0 Å². The van der Waals surface area contributed by atoms with Crippen LogP contribution in [0.1, 0.15) is 0 Å². The van der Waals surface area contributed by atoms with E-state index in [-0.39, 0.29) is 0 Å². The Morgan fingerprint density at radius 3 is 2.88 bits per heavy atom. The minimum Gasteiger partial charge on any atom is -0.342 e. The van der Waals surface area contributed by atoms with Gasteiger partial charge in [-0.3, -0.25) is 0 Å². The molecule has 0 aliphatic carbocycles. The lowest BCUT2D eigenvalue weighted by atomic mass is 10.0. The van der Waals surface area contributed by atoms with Crippen molar-refractivity contribution in [2.45, 2.75) is 6.54 Å². The van der Waals surface area contributed by atoms with Gasteiger partial charge in [-0.15, -0.1) is 6.58 Å². The first kappa shape index (κ1) is 9.90. The third-order valence-electron chi connectivity index (χ3n) is 3.69. The number of imidazole rings is 1. The summed E-state index contributed by atoms with van der Waals surface area (Å²) in [5.41, 5.74) is 0. The molecule has 2 fully saturated rings. The monoisotopic (exact) mass is 218 g/mol. The quantitative estimate of drug-likeness (QED) is 0.759. The molecule has 16 heavy (non-hydrogen) atoms. The highest BCUT2D eigenvalue weighted by Gasteiger charge is 2.37. The highest BCUT2D eigenvalue weighted by molar-refractivity contribution is 5.34. The van der Waals surface area contributed by atoms with Crippen LogP contribution in [-0.2, 0) is 6.54 Å². The van der Waals surface area contributed by atoms with Gasteiger partial charge >= 0.3 is 0 Å². The molecule has 2 atom stereocenters. The van der Waals surface area contributed by atoms with E-state index in [1.165, 1.54) is 13.1 Å². The van der Waals surface area contributed by atoms with Gasteiger partial charge in [0.1, 0.15) is 0 Å². The molecule has 0 radical (unpaired) electrons. The zero-order valence-corrected chi connectivity index (χ0v) is 9.47. The fourth-order valence-electron chi connectivity index (χ4n) is 2.88. The van der Waals surface area contributed by atoms with E-state index in [1.54, 1.807) is 0 Å². The molecule has 0 bridgehead atoms. The predicted molar refractivity (Wildman–Crippen MR) is 64.5 cm³/mol. The number of nitrogens with zero attached hydrogens (tertiary/aromatic N) is 3. The largest absolute Gasteiger partial charge is 0.342 e. The number of rotatable bonds is 3. The van der Waals surface area contributed by atoms with E-state index in [9.17, 15) is 0 Å². The van der Waals surface area contributed by atoms with Crippen LogP contribution in [0.5, 0.6) is 0 Å². The van der Waals surface area contributed by atoms with Gasteiger partial charge in [-0.05, 0) is 11.8 Å². The molecule has 4 nitrogen and oxygen atoms in total. The molecule has 0 spiro atoms. The van der Waals surface area contributed by atoms with Crippen LogP contribution in [0.15, 0.2) is 25.0 Å². The Hall–Kier alpha value is -1.29. The number of hydrogen-bond acceptors (Lipinski definition) is 3. The van der Waals surface area contributed by atoms with Crippen molar-refractivity contribution in [2.75, 3.05) is 31.1 Å². The maximum absolute atomic E-state index is 4.46. The van der Waals surface area contributed by atoms with Gasteiger partial charge in [0.15, 0.2) is 0 Å². The number of nitrogens with one attached hydrogen (secondary N) is 1. The average Bonchev–Trinajstić information content (AvgIpc) is 2.88. The molecule has 0 aromatic carbocycles. The van der Waals surface area contributed by atoms with Crippen molar-refractivity contribution in [1.82, 2.24) is 14.9 Å². The van der Waals surface area contributed by atoms with Crippen LogP contribution in [0.4, 0.5) is 5.95 Å². The molecule has 3 heterocycles. The van der Waals surface area contributed by atoms with Crippen molar-refractivity contribution in [2.24, 2.45) is 11.8 Å². The highest BCUT2D eigenvalue weighted by Crippen LogP contribution is 2.29. The fourth-order valence-corrected chi connectivity index (χ4v) is 2.88. The van der Waals surface area contributed by atoms with Gasteiger partial charge in [-0.1, -0.05) is 6.08 Å². The van der Waals surface area contributed by atoms with E-state index >= 15 is 0 Å². The highest BCUT2D eigenvalue weighted by atomic mass is 15.3. The maximum Gasteiger partial charge on any atom is 0.205 e. The summed E-state index contributed by atoms with van der Waals surface area (Å²) in [4.78, 5) is 6.88. The molecule has 2 aliphatic rings. The molecule has 0 unspecified atom stereocenters. The molecule has 1 aromatic rings. The summed E-state index contributed by atoms with van der Waals surface area (Å²) in [6.45, 7) is 9.26. The van der Waals surface area contributed by atoms with Crippen LogP contribution >= 0.6 is 0 Å². The molecule has 86 valence electrons. The van der Waals surface area contributed by atoms with E-state index in [4.69, 9.17) is 0 Å². The van der Waals surface area contributed by atoms with Gasteiger partial charge in [-0.2, -0.15) is 0 Å². The van der Waals surface area contributed by atoms with Gasteiger partial charge in [0, 0.05) is 45.1 Å². The normalized spacial score (nSPS) is 28.4. The number of fused-ring (bicyclic) bond motifs is 1. The Kier molecular flexibility index (Phi) is 2.44. The molecule has 2 saturated heterocycles. The van der Waals surface area contributed by atoms with Crippen molar-refractivity contribution in [3.63, 3.8) is 0 Å². The second kappa shape index (κ2) is 3.94. The lowest BCUT2D eigenvalue weighted by Gasteiger charge is -2.19. The lowest BCUT2D eigenvalue weighted by molar-refractivity contribution is 0.533. The van der Waals surface area contributed by atoms with Crippen molar-refractivity contribution in [3.05, 3.63) is 25.0 Å². The molecule has 2 aliphatic heterocycles. The Bertz CT molecular complexity index is 372. The van der Waals surface area contributed by atoms with Crippen LogP contribution in [0.25, 0.3) is 0 Å². The molecule has 4 heteroatoms. The molecule has 1 aromatic heterocycles. The standard InChI is InChI=1S/C12H18N4/c1-2-4-15-5-3-14-12(15)16-8-10-6-13-7-11(10)9-16/h2-3,5,10-11,13H,1,4,6-9H2/t10-,11+. The third-order valence-corrected chi connectivity index (χ3v) is 3.69. The van der Waals surface area contributed by atoms with E-state index in [0.29, 0.717) is 0 Å². The Balaban J connectivity index is 1.77. The predicted octanol–water partition coefficient (Wildman–Crippen LogP) is 0.725. The van der Waals surface area contributed by atoms with E-state index in [1.807, 2.05) is 18.5 Å². The van der Waals surface area contributed by atoms with E-state index in [0.717, 1.165) is 37.4 Å². The number of aromatic nitrogens is 2. The lowest BCUT2D eigenvalue weighted by Crippen LogP contribution is -2.27. The molecule has 1 N–H and O–H groups in total.